The Morgan fingerprint density at radius 3 is 1.79 bits per heavy atom. The number of hydrogen-bond donors (Lipinski definition) is 1. The van der Waals surface area contributed by atoms with Gasteiger partial charge in [-0.05, 0) is 35.6 Å². The van der Waals surface area contributed by atoms with Crippen LogP contribution in [0.1, 0.15) is 53.5 Å². The van der Waals surface area contributed by atoms with Crippen molar-refractivity contribution in [1.29, 1.82) is 0 Å². The number of carbonyl (C=O) groups is 2. The van der Waals surface area contributed by atoms with E-state index in [4.69, 9.17) is 0 Å². The molecule has 4 aromatic carbocycles. The van der Waals surface area contributed by atoms with Gasteiger partial charge < -0.3 is 10.2 Å². The molecule has 0 aliphatic carbocycles. The molecule has 0 saturated carbocycles. The maximum atomic E-state index is 14.3. The lowest BCUT2D eigenvalue weighted by molar-refractivity contribution is -0.141. The summed E-state index contributed by atoms with van der Waals surface area (Å²) in [7, 11) is 0. The lowest BCUT2D eigenvalue weighted by Gasteiger charge is -2.33. The summed E-state index contributed by atoms with van der Waals surface area (Å²) < 4.78 is 0. The third-order valence-corrected chi connectivity index (χ3v) is 7.08. The van der Waals surface area contributed by atoms with Crippen LogP contribution in [0.25, 0.3) is 0 Å². The van der Waals surface area contributed by atoms with Gasteiger partial charge in [0.25, 0.3) is 0 Å². The van der Waals surface area contributed by atoms with Crippen molar-refractivity contribution >= 4 is 11.8 Å². The number of amides is 2. The molecule has 0 radical (unpaired) electrons. The highest BCUT2D eigenvalue weighted by molar-refractivity contribution is 5.88. The van der Waals surface area contributed by atoms with Gasteiger partial charge in [0, 0.05) is 31.8 Å². The third-order valence-electron chi connectivity index (χ3n) is 7.08. The monoisotopic (exact) mass is 518 g/mol. The zero-order valence-electron chi connectivity index (χ0n) is 22.9. The maximum Gasteiger partial charge on any atom is 0.243 e. The number of benzene rings is 4. The molecule has 4 heteroatoms. The Morgan fingerprint density at radius 1 is 0.718 bits per heavy atom. The van der Waals surface area contributed by atoms with Crippen LogP contribution < -0.4 is 5.32 Å². The van der Waals surface area contributed by atoms with Crippen LogP contribution in [0.3, 0.4) is 0 Å². The molecule has 0 aliphatic heterocycles. The number of rotatable bonds is 12. The highest BCUT2D eigenvalue weighted by atomic mass is 16.2. The fourth-order valence-corrected chi connectivity index (χ4v) is 4.90. The van der Waals surface area contributed by atoms with Crippen LogP contribution in [0.2, 0.25) is 0 Å². The Labute approximate surface area is 232 Å². The molecule has 0 aromatic heterocycles. The SMILES string of the molecule is CCCNC(=O)C(Cc1ccccc1)N(Cc1ccc(C)cc1)C(=O)CC(c1ccccc1)c1ccccc1. The normalized spacial score (nSPS) is 11.7. The van der Waals surface area contributed by atoms with Crippen LogP contribution in [0.15, 0.2) is 115 Å². The molecule has 4 rings (SSSR count). The van der Waals surface area contributed by atoms with Crippen molar-refractivity contribution < 1.29 is 9.59 Å². The number of hydrogen-bond acceptors (Lipinski definition) is 2. The Balaban J connectivity index is 1.71. The minimum atomic E-state index is -0.625. The molecule has 0 saturated heterocycles. The van der Waals surface area contributed by atoms with Crippen molar-refractivity contribution in [2.24, 2.45) is 0 Å². The molecule has 0 bridgehead atoms. The van der Waals surface area contributed by atoms with E-state index < -0.39 is 6.04 Å². The zero-order chi connectivity index (χ0) is 27.5. The fourth-order valence-electron chi connectivity index (χ4n) is 4.90. The van der Waals surface area contributed by atoms with E-state index in [1.807, 2.05) is 92.7 Å². The second-order valence-electron chi connectivity index (χ2n) is 10.1. The predicted molar refractivity (Wildman–Crippen MR) is 158 cm³/mol. The fraction of sp³-hybridized carbons (Fsp3) is 0.257. The molecule has 39 heavy (non-hydrogen) atoms. The third kappa shape index (κ3) is 7.90. The Hall–Kier alpha value is -4.18. The average molecular weight is 519 g/mol. The second kappa shape index (κ2) is 14.1. The van der Waals surface area contributed by atoms with E-state index in [2.05, 4.69) is 41.7 Å². The van der Waals surface area contributed by atoms with Crippen LogP contribution in [0, 0.1) is 6.92 Å². The van der Waals surface area contributed by atoms with Crippen molar-refractivity contribution in [3.8, 4) is 0 Å². The summed E-state index contributed by atoms with van der Waals surface area (Å²) in [5, 5.41) is 3.07. The number of carbonyl (C=O) groups excluding carboxylic acids is 2. The largest absolute Gasteiger partial charge is 0.354 e. The second-order valence-corrected chi connectivity index (χ2v) is 10.1. The summed E-state index contributed by atoms with van der Waals surface area (Å²) in [4.78, 5) is 29.7. The van der Waals surface area contributed by atoms with Crippen molar-refractivity contribution in [3.63, 3.8) is 0 Å². The van der Waals surface area contributed by atoms with Gasteiger partial charge in [0.15, 0.2) is 0 Å². The van der Waals surface area contributed by atoms with E-state index in [0.717, 1.165) is 34.2 Å². The average Bonchev–Trinajstić information content (AvgIpc) is 2.98. The van der Waals surface area contributed by atoms with Gasteiger partial charge in [-0.25, -0.2) is 0 Å². The minimum absolute atomic E-state index is 0.0409. The van der Waals surface area contributed by atoms with Gasteiger partial charge in [0.2, 0.25) is 11.8 Å². The number of nitrogens with one attached hydrogen (secondary N) is 1. The van der Waals surface area contributed by atoms with Crippen molar-refractivity contribution in [2.75, 3.05) is 6.54 Å². The highest BCUT2D eigenvalue weighted by Crippen LogP contribution is 2.30. The maximum absolute atomic E-state index is 14.3. The van der Waals surface area contributed by atoms with Gasteiger partial charge in [0.1, 0.15) is 6.04 Å². The van der Waals surface area contributed by atoms with Gasteiger partial charge in [0.05, 0.1) is 0 Å². The molecule has 4 aromatic rings. The summed E-state index contributed by atoms with van der Waals surface area (Å²) >= 11 is 0. The smallest absolute Gasteiger partial charge is 0.243 e. The van der Waals surface area contributed by atoms with Crippen LogP contribution in [-0.4, -0.2) is 29.3 Å². The first kappa shape index (κ1) is 27.8. The first-order chi connectivity index (χ1) is 19.0. The van der Waals surface area contributed by atoms with E-state index in [-0.39, 0.29) is 24.2 Å². The molecule has 0 aliphatic rings. The van der Waals surface area contributed by atoms with E-state index in [1.54, 1.807) is 4.90 Å². The highest BCUT2D eigenvalue weighted by Gasteiger charge is 2.32. The number of nitrogens with zero attached hydrogens (tertiary/aromatic N) is 1. The Bertz CT molecular complexity index is 1270. The Kier molecular flexibility index (Phi) is 10.1. The lowest BCUT2D eigenvalue weighted by Crippen LogP contribution is -2.50. The van der Waals surface area contributed by atoms with Gasteiger partial charge in [-0.2, -0.15) is 0 Å². The first-order valence-corrected chi connectivity index (χ1v) is 13.8. The van der Waals surface area contributed by atoms with Crippen LogP contribution in [0.4, 0.5) is 0 Å². The minimum Gasteiger partial charge on any atom is -0.354 e. The zero-order valence-corrected chi connectivity index (χ0v) is 22.9. The molecule has 2 amide bonds. The number of aryl methyl sites for hydroxylation is 1. The topological polar surface area (TPSA) is 49.4 Å². The van der Waals surface area contributed by atoms with Crippen molar-refractivity contribution in [3.05, 3.63) is 143 Å². The molecule has 0 fully saturated rings. The standard InChI is InChI=1S/C35H38N2O2/c1-3-23-36-35(39)33(24-28-13-7-4-8-14-28)37(26-29-21-19-27(2)20-22-29)34(38)25-32(30-15-9-5-10-16-30)31-17-11-6-12-18-31/h4-22,32-33H,3,23-26H2,1-2H3,(H,36,39). The molecule has 1 unspecified atom stereocenters. The van der Waals surface area contributed by atoms with Crippen molar-refractivity contribution in [2.45, 2.75) is 51.6 Å². The van der Waals surface area contributed by atoms with Gasteiger partial charge in [-0.15, -0.1) is 0 Å². The summed E-state index contributed by atoms with van der Waals surface area (Å²) in [5.74, 6) is -0.269. The van der Waals surface area contributed by atoms with E-state index in [0.29, 0.717) is 19.5 Å². The van der Waals surface area contributed by atoms with E-state index in [1.165, 1.54) is 0 Å². The van der Waals surface area contributed by atoms with Gasteiger partial charge >= 0.3 is 0 Å². The van der Waals surface area contributed by atoms with Gasteiger partial charge in [-0.1, -0.05) is 128 Å². The molecule has 200 valence electrons. The molecular formula is C35H38N2O2. The van der Waals surface area contributed by atoms with Crippen LogP contribution in [0.5, 0.6) is 0 Å². The van der Waals surface area contributed by atoms with E-state index >= 15 is 0 Å². The molecular weight excluding hydrogens is 480 g/mol. The van der Waals surface area contributed by atoms with E-state index in [9.17, 15) is 9.59 Å². The molecule has 4 nitrogen and oxygen atoms in total. The quantitative estimate of drug-likeness (QED) is 0.227. The summed E-state index contributed by atoms with van der Waals surface area (Å²) in [6.07, 6.45) is 1.56. The molecule has 0 heterocycles. The summed E-state index contributed by atoms with van der Waals surface area (Å²) in [6, 6.07) is 37.9. The molecule has 1 atom stereocenters. The molecule has 1 N–H and O–H groups in total. The van der Waals surface area contributed by atoms with Crippen LogP contribution >= 0.6 is 0 Å². The predicted octanol–water partition coefficient (Wildman–Crippen LogP) is 6.68. The summed E-state index contributed by atoms with van der Waals surface area (Å²) in [6.45, 7) is 5.03. The van der Waals surface area contributed by atoms with Gasteiger partial charge in [-0.3, -0.25) is 9.59 Å². The lowest BCUT2D eigenvalue weighted by atomic mass is 9.87. The molecule has 0 spiro atoms. The Morgan fingerprint density at radius 2 is 1.26 bits per heavy atom. The van der Waals surface area contributed by atoms with Crippen LogP contribution in [-0.2, 0) is 22.6 Å². The summed E-state index contributed by atoms with van der Waals surface area (Å²) in [5.41, 5.74) is 5.36. The van der Waals surface area contributed by atoms with Crippen molar-refractivity contribution in [1.82, 2.24) is 10.2 Å². The first-order valence-electron chi connectivity index (χ1n) is 13.8.